The average Bonchev–Trinajstić information content (AvgIpc) is 2.91. The van der Waals surface area contributed by atoms with Gasteiger partial charge in [0.15, 0.2) is 0 Å². The maximum absolute atomic E-state index is 12.2. The summed E-state index contributed by atoms with van der Waals surface area (Å²) in [6.45, 7) is 8.45. The molecule has 4 nitrogen and oxygen atoms in total. The lowest BCUT2D eigenvalue weighted by Crippen LogP contribution is -2.43. The Bertz CT molecular complexity index is 290. The third kappa shape index (κ3) is 4.19. The molecule has 1 amide bonds. The largest absolute Gasteiger partial charge is 0.355 e. The molecular weight excluding hydrogens is 250 g/mol. The number of hydrogen-bond donors (Lipinski definition) is 2. The maximum Gasteiger partial charge on any atom is 0.237 e. The highest BCUT2D eigenvalue weighted by atomic mass is 16.2. The van der Waals surface area contributed by atoms with Crippen molar-refractivity contribution in [2.24, 2.45) is 5.92 Å². The van der Waals surface area contributed by atoms with E-state index in [0.717, 1.165) is 44.9 Å². The Hall–Kier alpha value is -0.610. The third-order valence-corrected chi connectivity index (χ3v) is 5.02. The summed E-state index contributed by atoms with van der Waals surface area (Å²) in [7, 11) is 0. The van der Waals surface area contributed by atoms with Crippen molar-refractivity contribution in [2.75, 3.05) is 26.2 Å². The van der Waals surface area contributed by atoms with Crippen LogP contribution in [0.15, 0.2) is 0 Å². The second-order valence-electron chi connectivity index (χ2n) is 6.28. The molecule has 0 spiro atoms. The van der Waals surface area contributed by atoms with Gasteiger partial charge in [-0.1, -0.05) is 26.7 Å². The topological polar surface area (TPSA) is 44.4 Å². The van der Waals surface area contributed by atoms with E-state index in [1.807, 2.05) is 0 Å². The van der Waals surface area contributed by atoms with Gasteiger partial charge in [0.05, 0.1) is 6.04 Å². The molecule has 1 aliphatic carbocycles. The first-order chi connectivity index (χ1) is 9.74. The first kappa shape index (κ1) is 15.8. The molecule has 116 valence electrons. The molecule has 1 saturated carbocycles. The number of amides is 1. The van der Waals surface area contributed by atoms with Crippen LogP contribution in [-0.2, 0) is 4.79 Å². The van der Waals surface area contributed by atoms with Crippen LogP contribution in [0.5, 0.6) is 0 Å². The van der Waals surface area contributed by atoms with Crippen molar-refractivity contribution in [3.05, 3.63) is 0 Å². The predicted octanol–water partition coefficient (Wildman–Crippen LogP) is 1.76. The van der Waals surface area contributed by atoms with Crippen LogP contribution in [0, 0.1) is 5.92 Å². The molecule has 4 heteroatoms. The monoisotopic (exact) mass is 281 g/mol. The molecule has 0 radical (unpaired) electrons. The number of rotatable bonds is 7. The van der Waals surface area contributed by atoms with Gasteiger partial charge in [-0.05, 0) is 51.2 Å². The van der Waals surface area contributed by atoms with Crippen molar-refractivity contribution >= 4 is 5.91 Å². The van der Waals surface area contributed by atoms with Gasteiger partial charge in [0.25, 0.3) is 0 Å². The first-order valence-corrected chi connectivity index (χ1v) is 8.50. The van der Waals surface area contributed by atoms with Gasteiger partial charge in [-0.2, -0.15) is 0 Å². The zero-order chi connectivity index (χ0) is 14.4. The van der Waals surface area contributed by atoms with Gasteiger partial charge >= 0.3 is 0 Å². The van der Waals surface area contributed by atoms with Crippen molar-refractivity contribution in [3.63, 3.8) is 0 Å². The molecule has 0 aromatic heterocycles. The summed E-state index contributed by atoms with van der Waals surface area (Å²) in [5, 5.41) is 6.65. The molecule has 2 fully saturated rings. The summed E-state index contributed by atoms with van der Waals surface area (Å²) in [6, 6.07) is 0.673. The number of nitrogens with one attached hydrogen (secondary N) is 2. The summed E-state index contributed by atoms with van der Waals surface area (Å²) >= 11 is 0. The summed E-state index contributed by atoms with van der Waals surface area (Å²) in [4.78, 5) is 14.6. The lowest BCUT2D eigenvalue weighted by molar-refractivity contribution is -0.122. The quantitative estimate of drug-likeness (QED) is 0.699. The number of carbonyl (C=O) groups excluding carboxylic acids is 1. The Morgan fingerprint density at radius 3 is 2.70 bits per heavy atom. The highest BCUT2D eigenvalue weighted by molar-refractivity contribution is 5.82. The van der Waals surface area contributed by atoms with Crippen LogP contribution in [0.3, 0.4) is 0 Å². The minimum atomic E-state index is 0.0663. The Balaban J connectivity index is 1.63. The van der Waals surface area contributed by atoms with Crippen molar-refractivity contribution in [1.29, 1.82) is 0 Å². The van der Waals surface area contributed by atoms with Crippen molar-refractivity contribution in [2.45, 2.75) is 64.5 Å². The fourth-order valence-corrected chi connectivity index (χ4v) is 3.70. The molecule has 1 aliphatic heterocycles. The lowest BCUT2D eigenvalue weighted by atomic mass is 9.85. The smallest absolute Gasteiger partial charge is 0.237 e. The number of hydrogen-bond acceptors (Lipinski definition) is 3. The van der Waals surface area contributed by atoms with E-state index in [2.05, 4.69) is 29.4 Å². The zero-order valence-corrected chi connectivity index (χ0v) is 13.2. The van der Waals surface area contributed by atoms with Crippen LogP contribution in [0.1, 0.15) is 52.4 Å². The molecule has 1 saturated heterocycles. The summed E-state index contributed by atoms with van der Waals surface area (Å²) in [5.41, 5.74) is 0. The molecule has 0 bridgehead atoms. The van der Waals surface area contributed by atoms with Crippen molar-refractivity contribution < 1.29 is 4.79 Å². The van der Waals surface area contributed by atoms with E-state index in [1.54, 1.807) is 0 Å². The summed E-state index contributed by atoms with van der Waals surface area (Å²) < 4.78 is 0. The Morgan fingerprint density at radius 1 is 1.25 bits per heavy atom. The van der Waals surface area contributed by atoms with E-state index in [9.17, 15) is 4.79 Å². The SMILES string of the molecule is CCN(CC)CCCNC(=O)C1CC2CCCCC2N1. The van der Waals surface area contributed by atoms with E-state index in [-0.39, 0.29) is 11.9 Å². The second-order valence-corrected chi connectivity index (χ2v) is 6.28. The molecular formula is C16H31N3O. The molecule has 1 heterocycles. The fourth-order valence-electron chi connectivity index (χ4n) is 3.70. The van der Waals surface area contributed by atoms with E-state index in [1.165, 1.54) is 25.7 Å². The highest BCUT2D eigenvalue weighted by Gasteiger charge is 2.37. The van der Waals surface area contributed by atoms with Gasteiger partial charge in [-0.3, -0.25) is 4.79 Å². The Kier molecular flexibility index (Phi) is 6.30. The van der Waals surface area contributed by atoms with Crippen LogP contribution < -0.4 is 10.6 Å². The number of fused-ring (bicyclic) bond motifs is 1. The highest BCUT2D eigenvalue weighted by Crippen LogP contribution is 2.33. The van der Waals surface area contributed by atoms with E-state index < -0.39 is 0 Å². The lowest BCUT2D eigenvalue weighted by Gasteiger charge is -2.24. The zero-order valence-electron chi connectivity index (χ0n) is 13.2. The van der Waals surface area contributed by atoms with E-state index in [4.69, 9.17) is 0 Å². The first-order valence-electron chi connectivity index (χ1n) is 8.50. The Morgan fingerprint density at radius 2 is 2.00 bits per heavy atom. The van der Waals surface area contributed by atoms with E-state index in [0.29, 0.717) is 6.04 Å². The summed E-state index contributed by atoms with van der Waals surface area (Å²) in [6.07, 6.45) is 7.34. The molecule has 2 aliphatic rings. The normalized spacial score (nSPS) is 29.4. The van der Waals surface area contributed by atoms with Crippen LogP contribution in [0.2, 0.25) is 0 Å². The minimum absolute atomic E-state index is 0.0663. The molecule has 2 N–H and O–H groups in total. The van der Waals surface area contributed by atoms with Crippen LogP contribution in [0.25, 0.3) is 0 Å². The van der Waals surface area contributed by atoms with Gasteiger partial charge in [-0.15, -0.1) is 0 Å². The standard InChI is InChI=1S/C16H31N3O/c1-3-19(4-2)11-7-10-17-16(20)15-12-13-8-5-6-9-14(13)18-15/h13-15,18H,3-12H2,1-2H3,(H,17,20). The molecule has 3 atom stereocenters. The van der Waals surface area contributed by atoms with Crippen molar-refractivity contribution in [1.82, 2.24) is 15.5 Å². The number of carbonyl (C=O) groups is 1. The second kappa shape index (κ2) is 7.99. The van der Waals surface area contributed by atoms with Gasteiger partial charge in [-0.25, -0.2) is 0 Å². The predicted molar refractivity (Wildman–Crippen MR) is 82.7 cm³/mol. The van der Waals surface area contributed by atoms with Gasteiger partial charge in [0, 0.05) is 12.6 Å². The van der Waals surface area contributed by atoms with Crippen molar-refractivity contribution in [3.8, 4) is 0 Å². The summed E-state index contributed by atoms with van der Waals surface area (Å²) in [5.74, 6) is 0.967. The molecule has 3 unspecified atom stereocenters. The molecule has 0 aromatic rings. The van der Waals surface area contributed by atoms with Crippen LogP contribution >= 0.6 is 0 Å². The van der Waals surface area contributed by atoms with E-state index >= 15 is 0 Å². The molecule has 0 aromatic carbocycles. The third-order valence-electron chi connectivity index (χ3n) is 5.02. The fraction of sp³-hybridized carbons (Fsp3) is 0.938. The van der Waals surface area contributed by atoms with Crippen LogP contribution in [-0.4, -0.2) is 49.1 Å². The van der Waals surface area contributed by atoms with Gasteiger partial charge in [0.2, 0.25) is 5.91 Å². The van der Waals surface area contributed by atoms with Gasteiger partial charge < -0.3 is 15.5 Å². The van der Waals surface area contributed by atoms with Crippen LogP contribution in [0.4, 0.5) is 0 Å². The molecule has 20 heavy (non-hydrogen) atoms. The average molecular weight is 281 g/mol. The molecule has 2 rings (SSSR count). The minimum Gasteiger partial charge on any atom is -0.355 e. The Labute approximate surface area is 123 Å². The van der Waals surface area contributed by atoms with Gasteiger partial charge in [0.1, 0.15) is 0 Å². The number of nitrogens with zero attached hydrogens (tertiary/aromatic N) is 1. The maximum atomic E-state index is 12.2.